The lowest BCUT2D eigenvalue weighted by molar-refractivity contribution is -0.123. The molecule has 31 heavy (non-hydrogen) atoms. The van der Waals surface area contributed by atoms with Crippen molar-refractivity contribution in [3.63, 3.8) is 0 Å². The van der Waals surface area contributed by atoms with E-state index in [9.17, 15) is 9.59 Å². The number of hydrogen-bond acceptors (Lipinski definition) is 2. The number of hydrogen-bond donors (Lipinski definition) is 1. The summed E-state index contributed by atoms with van der Waals surface area (Å²) in [5.41, 5.74) is 1.39. The normalized spacial score (nSPS) is 15.3. The van der Waals surface area contributed by atoms with E-state index in [2.05, 4.69) is 50.8 Å². The lowest BCUT2D eigenvalue weighted by Crippen LogP contribution is -2.54. The monoisotopic (exact) mass is 596 g/mol. The summed E-state index contributed by atoms with van der Waals surface area (Å²) in [6.07, 6.45) is 7.31. The van der Waals surface area contributed by atoms with Gasteiger partial charge in [0.15, 0.2) is 0 Å². The SMILES string of the molecule is CCCCNC(=O)C(C1CCCCC1)N(C(=O)c1ccccc1I)c1ccc(Br)cc1. The number of unbranched alkanes of at least 4 members (excludes halogenated alkanes) is 1. The van der Waals surface area contributed by atoms with Crippen molar-refractivity contribution in [1.29, 1.82) is 0 Å². The molecule has 6 heteroatoms. The molecule has 1 saturated carbocycles. The summed E-state index contributed by atoms with van der Waals surface area (Å²) in [6.45, 7) is 2.75. The van der Waals surface area contributed by atoms with Crippen molar-refractivity contribution in [2.75, 3.05) is 11.4 Å². The molecule has 0 aliphatic heterocycles. The minimum atomic E-state index is -0.512. The molecule has 1 fully saturated rings. The first-order valence-electron chi connectivity index (χ1n) is 11.1. The molecule has 1 unspecified atom stereocenters. The van der Waals surface area contributed by atoms with Gasteiger partial charge in [-0.05, 0) is 84.2 Å². The van der Waals surface area contributed by atoms with E-state index >= 15 is 0 Å². The van der Waals surface area contributed by atoms with E-state index in [4.69, 9.17) is 0 Å². The Morgan fingerprint density at radius 2 is 1.77 bits per heavy atom. The minimum Gasteiger partial charge on any atom is -0.354 e. The largest absolute Gasteiger partial charge is 0.354 e. The van der Waals surface area contributed by atoms with Crippen molar-refractivity contribution in [1.82, 2.24) is 5.32 Å². The number of carbonyl (C=O) groups excluding carboxylic acids is 2. The van der Waals surface area contributed by atoms with Crippen LogP contribution in [-0.4, -0.2) is 24.4 Å². The predicted octanol–water partition coefficient (Wildman–Crippen LogP) is 6.57. The van der Waals surface area contributed by atoms with Gasteiger partial charge in [0.05, 0.1) is 5.56 Å². The van der Waals surface area contributed by atoms with Gasteiger partial charge in [-0.3, -0.25) is 14.5 Å². The second-order valence-electron chi connectivity index (χ2n) is 8.12. The van der Waals surface area contributed by atoms with Crippen LogP contribution in [-0.2, 0) is 4.79 Å². The van der Waals surface area contributed by atoms with Crippen LogP contribution in [0.4, 0.5) is 5.69 Å². The molecule has 166 valence electrons. The van der Waals surface area contributed by atoms with Crippen LogP contribution in [0.25, 0.3) is 0 Å². The van der Waals surface area contributed by atoms with Crippen LogP contribution in [0.2, 0.25) is 0 Å². The van der Waals surface area contributed by atoms with E-state index in [-0.39, 0.29) is 17.7 Å². The molecule has 2 aromatic carbocycles. The predicted molar refractivity (Wildman–Crippen MR) is 138 cm³/mol. The zero-order chi connectivity index (χ0) is 22.2. The molecular weight excluding hydrogens is 567 g/mol. The molecule has 0 aromatic heterocycles. The Hall–Kier alpha value is -1.41. The molecule has 4 nitrogen and oxygen atoms in total. The highest BCUT2D eigenvalue weighted by molar-refractivity contribution is 14.1. The van der Waals surface area contributed by atoms with E-state index in [0.717, 1.165) is 52.3 Å². The van der Waals surface area contributed by atoms with Crippen LogP contribution in [0.5, 0.6) is 0 Å². The Morgan fingerprint density at radius 3 is 2.42 bits per heavy atom. The molecule has 1 N–H and O–H groups in total. The van der Waals surface area contributed by atoms with Crippen molar-refractivity contribution in [3.05, 3.63) is 62.1 Å². The topological polar surface area (TPSA) is 49.4 Å². The molecule has 0 radical (unpaired) electrons. The van der Waals surface area contributed by atoms with E-state index in [0.29, 0.717) is 12.1 Å². The Labute approximate surface area is 207 Å². The molecule has 1 atom stereocenters. The van der Waals surface area contributed by atoms with E-state index in [1.807, 2.05) is 48.5 Å². The average molecular weight is 597 g/mol. The molecule has 0 bridgehead atoms. The van der Waals surface area contributed by atoms with Crippen LogP contribution in [0.15, 0.2) is 53.0 Å². The third-order valence-electron chi connectivity index (χ3n) is 5.90. The molecule has 2 amide bonds. The zero-order valence-electron chi connectivity index (χ0n) is 17.9. The summed E-state index contributed by atoms with van der Waals surface area (Å²) in [6, 6.07) is 14.8. The highest BCUT2D eigenvalue weighted by Gasteiger charge is 2.38. The molecule has 0 spiro atoms. The van der Waals surface area contributed by atoms with Gasteiger partial charge in [0, 0.05) is 20.3 Å². The summed E-state index contributed by atoms with van der Waals surface area (Å²) >= 11 is 5.69. The van der Waals surface area contributed by atoms with Gasteiger partial charge in [-0.15, -0.1) is 0 Å². The summed E-state index contributed by atoms with van der Waals surface area (Å²) in [5.74, 6) is 0.000410. The van der Waals surface area contributed by atoms with Crippen molar-refractivity contribution in [2.24, 2.45) is 5.92 Å². The number of rotatable bonds is 8. The Bertz CT molecular complexity index is 881. The van der Waals surface area contributed by atoms with Crippen LogP contribution in [0.3, 0.4) is 0 Å². The number of anilines is 1. The zero-order valence-corrected chi connectivity index (χ0v) is 21.7. The second-order valence-corrected chi connectivity index (χ2v) is 10.2. The average Bonchev–Trinajstić information content (AvgIpc) is 2.79. The highest BCUT2D eigenvalue weighted by Crippen LogP contribution is 2.34. The van der Waals surface area contributed by atoms with Gasteiger partial charge in [0.2, 0.25) is 5.91 Å². The van der Waals surface area contributed by atoms with Crippen molar-refractivity contribution >= 4 is 56.0 Å². The number of halogens is 2. The highest BCUT2D eigenvalue weighted by atomic mass is 127. The fourth-order valence-electron chi connectivity index (χ4n) is 4.26. The van der Waals surface area contributed by atoms with Gasteiger partial charge >= 0.3 is 0 Å². The van der Waals surface area contributed by atoms with Gasteiger partial charge in [0.25, 0.3) is 5.91 Å². The molecule has 1 aliphatic rings. The molecule has 3 rings (SSSR count). The fraction of sp³-hybridized carbons (Fsp3) is 0.440. The van der Waals surface area contributed by atoms with Gasteiger partial charge in [-0.2, -0.15) is 0 Å². The van der Waals surface area contributed by atoms with Gasteiger partial charge < -0.3 is 5.32 Å². The third-order valence-corrected chi connectivity index (χ3v) is 7.37. The van der Waals surface area contributed by atoms with Gasteiger partial charge in [-0.1, -0.05) is 60.7 Å². The van der Waals surface area contributed by atoms with Crippen LogP contribution >= 0.6 is 38.5 Å². The number of nitrogens with one attached hydrogen (secondary N) is 1. The molecule has 2 aromatic rings. The lowest BCUT2D eigenvalue weighted by atomic mass is 9.82. The fourth-order valence-corrected chi connectivity index (χ4v) is 5.14. The molecule has 1 aliphatic carbocycles. The molecular formula is C25H30BrIN2O2. The number of benzene rings is 2. The van der Waals surface area contributed by atoms with Crippen molar-refractivity contribution in [3.8, 4) is 0 Å². The lowest BCUT2D eigenvalue weighted by Gasteiger charge is -2.38. The Morgan fingerprint density at radius 1 is 1.10 bits per heavy atom. The first kappa shape index (κ1) is 24.2. The van der Waals surface area contributed by atoms with E-state index in [1.54, 1.807) is 4.90 Å². The van der Waals surface area contributed by atoms with Crippen molar-refractivity contribution in [2.45, 2.75) is 57.9 Å². The first-order valence-corrected chi connectivity index (χ1v) is 13.0. The standard InChI is InChI=1S/C25H30BrIN2O2/c1-2-3-17-28-24(30)23(18-9-5-4-6-10-18)29(20-15-13-19(26)14-16-20)25(31)21-11-7-8-12-22(21)27/h7-8,11-16,18,23H,2-6,9-10,17H2,1H3,(H,28,30). The summed E-state index contributed by atoms with van der Waals surface area (Å²) in [7, 11) is 0. The quantitative estimate of drug-likeness (QED) is 0.277. The third kappa shape index (κ3) is 6.31. The maximum atomic E-state index is 13.9. The Balaban J connectivity index is 2.05. The number of nitrogens with zero attached hydrogens (tertiary/aromatic N) is 1. The molecule has 0 saturated heterocycles. The minimum absolute atomic E-state index is 0.0393. The smallest absolute Gasteiger partial charge is 0.260 e. The van der Waals surface area contributed by atoms with Crippen molar-refractivity contribution < 1.29 is 9.59 Å². The molecule has 0 heterocycles. The summed E-state index contributed by atoms with van der Waals surface area (Å²) < 4.78 is 1.83. The van der Waals surface area contributed by atoms with Gasteiger partial charge in [0.1, 0.15) is 6.04 Å². The number of carbonyl (C=O) groups is 2. The van der Waals surface area contributed by atoms with E-state index in [1.165, 1.54) is 6.42 Å². The maximum absolute atomic E-state index is 13.9. The second kappa shape index (κ2) is 12.0. The Kier molecular flexibility index (Phi) is 9.38. The van der Waals surface area contributed by atoms with Gasteiger partial charge in [-0.25, -0.2) is 0 Å². The summed E-state index contributed by atoms with van der Waals surface area (Å²) in [4.78, 5) is 29.2. The number of amides is 2. The first-order chi connectivity index (χ1) is 15.0. The maximum Gasteiger partial charge on any atom is 0.260 e. The van der Waals surface area contributed by atoms with Crippen LogP contribution in [0, 0.1) is 9.49 Å². The van der Waals surface area contributed by atoms with Crippen LogP contribution in [0.1, 0.15) is 62.2 Å². The van der Waals surface area contributed by atoms with E-state index < -0.39 is 6.04 Å². The van der Waals surface area contributed by atoms with Crippen LogP contribution < -0.4 is 10.2 Å². The summed E-state index contributed by atoms with van der Waals surface area (Å²) in [5, 5.41) is 3.12.